The number of urea groups is 1. The van der Waals surface area contributed by atoms with Gasteiger partial charge in [-0.25, -0.2) is 4.79 Å². The molecular formula is C26H25N3O3. The lowest BCUT2D eigenvalue weighted by atomic mass is 9.90. The molecule has 32 heavy (non-hydrogen) atoms. The second kappa shape index (κ2) is 8.75. The van der Waals surface area contributed by atoms with Gasteiger partial charge in [0.2, 0.25) is 0 Å². The molecule has 2 N–H and O–H groups in total. The quantitative estimate of drug-likeness (QED) is 0.601. The Morgan fingerprint density at radius 3 is 2.31 bits per heavy atom. The third kappa shape index (κ3) is 4.30. The summed E-state index contributed by atoms with van der Waals surface area (Å²) >= 11 is 0. The molecule has 0 bridgehead atoms. The maximum absolute atomic E-state index is 12.6. The maximum atomic E-state index is 12.6. The summed E-state index contributed by atoms with van der Waals surface area (Å²) in [5.74, 6) is 0.174. The number of hydrogen-bond donors (Lipinski definition) is 2. The van der Waals surface area contributed by atoms with E-state index in [-0.39, 0.29) is 18.0 Å². The van der Waals surface area contributed by atoms with Crippen molar-refractivity contribution in [2.75, 3.05) is 5.32 Å². The van der Waals surface area contributed by atoms with Crippen molar-refractivity contribution in [1.82, 2.24) is 10.2 Å². The van der Waals surface area contributed by atoms with Crippen LogP contribution in [0.25, 0.3) is 5.57 Å². The molecule has 1 aliphatic carbocycles. The number of nitrogens with one attached hydrogen (secondary N) is 2. The smallest absolute Gasteiger partial charge is 0.322 e. The Kier molecular flexibility index (Phi) is 5.50. The van der Waals surface area contributed by atoms with E-state index >= 15 is 0 Å². The molecule has 1 atom stereocenters. The van der Waals surface area contributed by atoms with Crippen LogP contribution in [0.5, 0.6) is 0 Å². The van der Waals surface area contributed by atoms with Gasteiger partial charge in [0.05, 0.1) is 6.26 Å². The van der Waals surface area contributed by atoms with Crippen LogP contribution in [0, 0.1) is 0 Å². The Morgan fingerprint density at radius 1 is 0.938 bits per heavy atom. The minimum absolute atomic E-state index is 0.0824. The average molecular weight is 428 g/mol. The molecule has 1 aliphatic heterocycles. The van der Waals surface area contributed by atoms with Crippen LogP contribution in [-0.4, -0.2) is 22.9 Å². The van der Waals surface area contributed by atoms with Gasteiger partial charge in [0, 0.05) is 24.8 Å². The Balaban J connectivity index is 1.15. The SMILES string of the molecule is O=C(NC1CC=C(c2ccc(NC(=O)N3Cc4ccccc4C3)cc2)CC1)c1ccco1. The minimum Gasteiger partial charge on any atom is -0.459 e. The van der Waals surface area contributed by atoms with Gasteiger partial charge in [0.15, 0.2) is 5.76 Å². The molecule has 0 spiro atoms. The van der Waals surface area contributed by atoms with Crippen LogP contribution in [0.4, 0.5) is 10.5 Å². The summed E-state index contributed by atoms with van der Waals surface area (Å²) in [6.07, 6.45) is 6.25. The molecule has 1 unspecified atom stereocenters. The second-order valence-corrected chi connectivity index (χ2v) is 8.28. The van der Waals surface area contributed by atoms with Crippen molar-refractivity contribution in [1.29, 1.82) is 0 Å². The molecule has 6 nitrogen and oxygen atoms in total. The van der Waals surface area contributed by atoms with Crippen molar-refractivity contribution >= 4 is 23.2 Å². The van der Waals surface area contributed by atoms with Crippen LogP contribution in [0.1, 0.15) is 46.5 Å². The summed E-state index contributed by atoms with van der Waals surface area (Å²) in [4.78, 5) is 26.6. The number of carbonyl (C=O) groups is 2. The first-order valence-electron chi connectivity index (χ1n) is 10.9. The standard InChI is InChI=1S/C26H25N3O3/c30-25(24-6-3-15-32-24)27-22-11-7-18(8-12-22)19-9-13-23(14-10-19)28-26(31)29-16-20-4-1-2-5-21(20)17-29/h1-7,9-10,13-15,22H,8,11-12,16-17H2,(H,27,30)(H,28,31). The van der Waals surface area contributed by atoms with Gasteiger partial charge in [0.25, 0.3) is 5.91 Å². The van der Waals surface area contributed by atoms with Crippen LogP contribution in [0.3, 0.4) is 0 Å². The van der Waals surface area contributed by atoms with E-state index in [1.165, 1.54) is 23.0 Å². The van der Waals surface area contributed by atoms with Gasteiger partial charge in [-0.2, -0.15) is 0 Å². The third-order valence-corrected chi connectivity index (χ3v) is 6.13. The number of nitrogens with zero attached hydrogens (tertiary/aromatic N) is 1. The number of anilines is 1. The zero-order valence-corrected chi connectivity index (χ0v) is 17.7. The molecule has 0 saturated carbocycles. The largest absolute Gasteiger partial charge is 0.459 e. The Bertz CT molecular complexity index is 1120. The topological polar surface area (TPSA) is 74.6 Å². The van der Waals surface area contributed by atoms with Crippen molar-refractivity contribution in [2.24, 2.45) is 0 Å². The van der Waals surface area contributed by atoms with Crippen LogP contribution in [-0.2, 0) is 13.1 Å². The monoisotopic (exact) mass is 427 g/mol. The molecule has 2 aliphatic rings. The first-order valence-corrected chi connectivity index (χ1v) is 10.9. The van der Waals surface area contributed by atoms with E-state index < -0.39 is 0 Å². The molecule has 5 rings (SSSR count). The predicted molar refractivity (Wildman–Crippen MR) is 123 cm³/mol. The zero-order chi connectivity index (χ0) is 21.9. The normalized spacial score (nSPS) is 17.4. The molecule has 162 valence electrons. The van der Waals surface area contributed by atoms with Crippen LogP contribution < -0.4 is 10.6 Å². The first-order chi connectivity index (χ1) is 15.7. The van der Waals surface area contributed by atoms with Crippen LogP contribution in [0.15, 0.2) is 77.4 Å². The highest BCUT2D eigenvalue weighted by atomic mass is 16.3. The lowest BCUT2D eigenvalue weighted by molar-refractivity contribution is 0.0907. The number of hydrogen-bond acceptors (Lipinski definition) is 3. The molecular weight excluding hydrogens is 402 g/mol. The summed E-state index contributed by atoms with van der Waals surface area (Å²) in [5, 5.41) is 6.03. The van der Waals surface area contributed by atoms with Gasteiger partial charge in [0.1, 0.15) is 0 Å². The van der Waals surface area contributed by atoms with Crippen LogP contribution >= 0.6 is 0 Å². The van der Waals surface area contributed by atoms with Gasteiger partial charge in [-0.15, -0.1) is 0 Å². The average Bonchev–Trinajstić information content (AvgIpc) is 3.50. The molecule has 2 heterocycles. The molecule has 0 radical (unpaired) electrons. The van der Waals surface area contributed by atoms with Gasteiger partial charge in [-0.1, -0.05) is 42.5 Å². The van der Waals surface area contributed by atoms with Crippen LogP contribution in [0.2, 0.25) is 0 Å². The van der Waals surface area contributed by atoms with Gasteiger partial charge >= 0.3 is 6.03 Å². The summed E-state index contributed by atoms with van der Waals surface area (Å²) < 4.78 is 5.15. The fourth-order valence-electron chi connectivity index (χ4n) is 4.34. The van der Waals surface area contributed by atoms with E-state index in [9.17, 15) is 9.59 Å². The number of amides is 3. The van der Waals surface area contributed by atoms with Crippen molar-refractivity contribution in [3.05, 3.63) is 95.5 Å². The summed E-state index contributed by atoms with van der Waals surface area (Å²) in [6, 6.07) is 19.5. The molecule has 0 saturated heterocycles. The van der Waals surface area contributed by atoms with Crippen molar-refractivity contribution in [3.63, 3.8) is 0 Å². The lowest BCUT2D eigenvalue weighted by Crippen LogP contribution is -2.35. The van der Waals surface area contributed by atoms with E-state index in [1.807, 2.05) is 41.3 Å². The predicted octanol–water partition coefficient (Wildman–Crippen LogP) is 5.19. The van der Waals surface area contributed by atoms with E-state index in [2.05, 4.69) is 28.8 Å². The van der Waals surface area contributed by atoms with Gasteiger partial charge in [-0.05, 0) is 65.8 Å². The van der Waals surface area contributed by atoms with Crippen molar-refractivity contribution in [3.8, 4) is 0 Å². The van der Waals surface area contributed by atoms with E-state index in [0.717, 1.165) is 30.5 Å². The Morgan fingerprint density at radius 2 is 1.69 bits per heavy atom. The second-order valence-electron chi connectivity index (χ2n) is 8.28. The molecule has 3 amide bonds. The van der Waals surface area contributed by atoms with Crippen molar-refractivity contribution in [2.45, 2.75) is 38.4 Å². The van der Waals surface area contributed by atoms with Crippen molar-refractivity contribution < 1.29 is 14.0 Å². The molecule has 1 aromatic heterocycles. The third-order valence-electron chi connectivity index (χ3n) is 6.13. The Hall–Kier alpha value is -3.80. The number of rotatable bonds is 4. The van der Waals surface area contributed by atoms with Gasteiger partial charge < -0.3 is 20.0 Å². The highest BCUT2D eigenvalue weighted by Crippen LogP contribution is 2.28. The van der Waals surface area contributed by atoms with Gasteiger partial charge in [-0.3, -0.25) is 4.79 Å². The number of benzene rings is 2. The zero-order valence-electron chi connectivity index (χ0n) is 17.7. The fourth-order valence-corrected chi connectivity index (χ4v) is 4.34. The molecule has 0 fully saturated rings. The number of carbonyl (C=O) groups excluding carboxylic acids is 2. The highest BCUT2D eigenvalue weighted by molar-refractivity contribution is 5.91. The lowest BCUT2D eigenvalue weighted by Gasteiger charge is -2.23. The molecule has 6 heteroatoms. The minimum atomic E-state index is -0.168. The number of allylic oxidation sites excluding steroid dienone is 1. The van der Waals surface area contributed by atoms with E-state index in [0.29, 0.717) is 18.8 Å². The summed E-state index contributed by atoms with van der Waals surface area (Å²) in [6.45, 7) is 1.29. The van der Waals surface area contributed by atoms with E-state index in [1.54, 1.807) is 12.1 Å². The summed E-state index contributed by atoms with van der Waals surface area (Å²) in [5.41, 5.74) is 5.62. The summed E-state index contributed by atoms with van der Waals surface area (Å²) in [7, 11) is 0. The fraction of sp³-hybridized carbons (Fsp3) is 0.231. The van der Waals surface area contributed by atoms with E-state index in [4.69, 9.17) is 4.42 Å². The molecule has 3 aromatic rings. The Labute approximate surface area is 186 Å². The number of furan rings is 1. The number of fused-ring (bicyclic) bond motifs is 1. The highest BCUT2D eigenvalue weighted by Gasteiger charge is 2.23. The first kappa shape index (κ1) is 20.1. The molecule has 2 aromatic carbocycles. The maximum Gasteiger partial charge on any atom is 0.322 e.